The minimum Gasteiger partial charge on any atom is -0.396 e. The summed E-state index contributed by atoms with van der Waals surface area (Å²) in [6.07, 6.45) is 7.39. The quantitative estimate of drug-likeness (QED) is 0.768. The summed E-state index contributed by atoms with van der Waals surface area (Å²) in [4.78, 5) is 0. The van der Waals surface area contributed by atoms with Crippen LogP contribution >= 0.6 is 0 Å². The molecule has 2 unspecified atom stereocenters. The van der Waals surface area contributed by atoms with Crippen LogP contribution in [0, 0.1) is 28.6 Å². The monoisotopic (exact) mass is 224 g/mol. The Bertz CT molecular complexity index is 270. The fourth-order valence-corrected chi connectivity index (χ4v) is 5.53. The maximum atomic E-state index is 9.15. The Labute approximate surface area is 98.1 Å². The van der Waals surface area contributed by atoms with E-state index in [0.717, 1.165) is 30.6 Å². The zero-order valence-electron chi connectivity index (χ0n) is 10.3. The maximum Gasteiger partial charge on any atom is 0.0436 e. The Hall–Kier alpha value is -0.0800. The second-order valence-electron chi connectivity index (χ2n) is 6.98. The summed E-state index contributed by atoms with van der Waals surface area (Å²) in [6.45, 7) is 3.09. The fourth-order valence-electron chi connectivity index (χ4n) is 5.53. The SMILES string of the molecule is CC1(CCO)CC2CC3(CCO)CC(C1)C23. The molecule has 16 heavy (non-hydrogen) atoms. The van der Waals surface area contributed by atoms with E-state index < -0.39 is 0 Å². The molecule has 0 saturated heterocycles. The molecule has 2 nitrogen and oxygen atoms in total. The van der Waals surface area contributed by atoms with Gasteiger partial charge in [-0.05, 0) is 67.1 Å². The minimum absolute atomic E-state index is 0.350. The molecule has 0 aromatic heterocycles. The molecule has 2 atom stereocenters. The summed E-state index contributed by atoms with van der Waals surface area (Å²) in [7, 11) is 0. The van der Waals surface area contributed by atoms with Gasteiger partial charge in [-0.1, -0.05) is 6.92 Å². The van der Waals surface area contributed by atoms with Crippen LogP contribution in [0.1, 0.15) is 45.4 Å². The van der Waals surface area contributed by atoms with E-state index in [4.69, 9.17) is 10.2 Å². The molecule has 3 fully saturated rings. The van der Waals surface area contributed by atoms with Crippen LogP contribution < -0.4 is 0 Å². The molecule has 0 aromatic carbocycles. The van der Waals surface area contributed by atoms with Crippen LogP contribution in [0.15, 0.2) is 0 Å². The lowest BCUT2D eigenvalue weighted by atomic mass is 9.32. The standard InChI is InChI=1S/C14H24O2/c1-13(2-4-15)6-10-8-14(3-5-16)9-11(7-13)12(10)14/h10-12,15-16H,2-9H2,1H3. The van der Waals surface area contributed by atoms with Crippen LogP contribution in [0.4, 0.5) is 0 Å². The Kier molecular flexibility index (Phi) is 2.38. The first kappa shape index (κ1) is 11.0. The number of aliphatic hydroxyl groups is 2. The van der Waals surface area contributed by atoms with Crippen molar-refractivity contribution in [2.75, 3.05) is 13.2 Å². The molecular weight excluding hydrogens is 200 g/mol. The molecule has 2 heteroatoms. The molecule has 92 valence electrons. The Morgan fingerprint density at radius 3 is 2.00 bits per heavy atom. The summed E-state index contributed by atoms with van der Waals surface area (Å²) in [5.41, 5.74) is 0.969. The van der Waals surface area contributed by atoms with Crippen molar-refractivity contribution in [2.24, 2.45) is 28.6 Å². The van der Waals surface area contributed by atoms with Gasteiger partial charge in [0.05, 0.1) is 0 Å². The lowest BCUT2D eigenvalue weighted by Crippen LogP contribution is -2.65. The molecule has 3 rings (SSSR count). The van der Waals surface area contributed by atoms with E-state index in [2.05, 4.69) is 6.92 Å². The molecule has 0 aromatic rings. The summed E-state index contributed by atoms with van der Waals surface area (Å²) in [6, 6.07) is 0. The summed E-state index contributed by atoms with van der Waals surface area (Å²) < 4.78 is 0. The first-order valence-electron chi connectivity index (χ1n) is 6.84. The highest BCUT2D eigenvalue weighted by Crippen LogP contribution is 2.75. The van der Waals surface area contributed by atoms with Gasteiger partial charge in [-0.25, -0.2) is 0 Å². The molecule has 0 amide bonds. The van der Waals surface area contributed by atoms with E-state index >= 15 is 0 Å². The highest BCUT2D eigenvalue weighted by Gasteiger charge is 2.67. The lowest BCUT2D eigenvalue weighted by molar-refractivity contribution is -0.240. The molecule has 0 spiro atoms. The molecule has 0 heterocycles. The van der Waals surface area contributed by atoms with Gasteiger partial charge in [0.25, 0.3) is 0 Å². The molecule has 3 aliphatic carbocycles. The molecule has 0 aliphatic heterocycles. The predicted octanol–water partition coefficient (Wildman–Crippen LogP) is 2.19. The summed E-state index contributed by atoms with van der Waals surface area (Å²) >= 11 is 0. The minimum atomic E-state index is 0.350. The third kappa shape index (κ3) is 1.32. The van der Waals surface area contributed by atoms with Crippen molar-refractivity contribution in [3.8, 4) is 0 Å². The van der Waals surface area contributed by atoms with Crippen molar-refractivity contribution in [1.82, 2.24) is 0 Å². The van der Waals surface area contributed by atoms with Crippen LogP contribution in [0.2, 0.25) is 0 Å². The highest BCUT2D eigenvalue weighted by atomic mass is 16.3. The first-order chi connectivity index (χ1) is 7.62. The average molecular weight is 224 g/mol. The van der Waals surface area contributed by atoms with Crippen LogP contribution in [0.3, 0.4) is 0 Å². The molecule has 3 saturated carbocycles. The van der Waals surface area contributed by atoms with Crippen molar-refractivity contribution in [3.05, 3.63) is 0 Å². The van der Waals surface area contributed by atoms with E-state index in [1.807, 2.05) is 0 Å². The fraction of sp³-hybridized carbons (Fsp3) is 1.00. The first-order valence-corrected chi connectivity index (χ1v) is 6.84. The van der Waals surface area contributed by atoms with Crippen molar-refractivity contribution in [1.29, 1.82) is 0 Å². The van der Waals surface area contributed by atoms with Crippen molar-refractivity contribution >= 4 is 0 Å². The van der Waals surface area contributed by atoms with Gasteiger partial charge < -0.3 is 10.2 Å². The summed E-state index contributed by atoms with van der Waals surface area (Å²) in [5.74, 6) is 2.76. The third-order valence-corrected chi connectivity index (χ3v) is 5.90. The molecule has 0 bridgehead atoms. The zero-order chi connectivity index (χ0) is 11.4. The number of aliphatic hydroxyl groups excluding tert-OH is 2. The van der Waals surface area contributed by atoms with Gasteiger partial charge in [0.1, 0.15) is 0 Å². The zero-order valence-corrected chi connectivity index (χ0v) is 10.3. The van der Waals surface area contributed by atoms with Crippen molar-refractivity contribution < 1.29 is 10.2 Å². The van der Waals surface area contributed by atoms with Crippen LogP contribution in [0.5, 0.6) is 0 Å². The number of hydrogen-bond donors (Lipinski definition) is 2. The van der Waals surface area contributed by atoms with Gasteiger partial charge in [0.2, 0.25) is 0 Å². The van der Waals surface area contributed by atoms with Gasteiger partial charge in [-0.2, -0.15) is 0 Å². The molecule has 3 aliphatic rings. The van der Waals surface area contributed by atoms with Crippen molar-refractivity contribution in [2.45, 2.75) is 45.4 Å². The van der Waals surface area contributed by atoms with Gasteiger partial charge in [0.15, 0.2) is 0 Å². The topological polar surface area (TPSA) is 40.5 Å². The van der Waals surface area contributed by atoms with E-state index in [-0.39, 0.29) is 0 Å². The third-order valence-electron chi connectivity index (χ3n) is 5.90. The van der Waals surface area contributed by atoms with E-state index in [1.165, 1.54) is 25.7 Å². The number of hydrogen-bond acceptors (Lipinski definition) is 2. The second-order valence-corrected chi connectivity index (χ2v) is 6.98. The van der Waals surface area contributed by atoms with Gasteiger partial charge in [0, 0.05) is 13.2 Å². The van der Waals surface area contributed by atoms with Crippen LogP contribution in [-0.2, 0) is 0 Å². The van der Waals surface area contributed by atoms with Gasteiger partial charge >= 0.3 is 0 Å². The Morgan fingerprint density at radius 2 is 1.50 bits per heavy atom. The Morgan fingerprint density at radius 1 is 0.938 bits per heavy atom. The van der Waals surface area contributed by atoms with E-state index in [9.17, 15) is 0 Å². The lowest BCUT2D eigenvalue weighted by Gasteiger charge is -2.73. The molecule has 2 N–H and O–H groups in total. The largest absolute Gasteiger partial charge is 0.396 e. The smallest absolute Gasteiger partial charge is 0.0436 e. The average Bonchev–Trinajstić information content (AvgIpc) is 2.13. The van der Waals surface area contributed by atoms with E-state index in [0.29, 0.717) is 24.0 Å². The Balaban J connectivity index is 1.67. The second kappa shape index (κ2) is 3.46. The normalized spacial score (nSPS) is 53.8. The highest BCUT2D eigenvalue weighted by molar-refractivity contribution is 5.16. The van der Waals surface area contributed by atoms with Crippen LogP contribution in [-0.4, -0.2) is 23.4 Å². The number of rotatable bonds is 4. The van der Waals surface area contributed by atoms with E-state index in [1.54, 1.807) is 0 Å². The molecule has 0 radical (unpaired) electrons. The van der Waals surface area contributed by atoms with Gasteiger partial charge in [-0.15, -0.1) is 0 Å². The molecular formula is C14H24O2. The maximum absolute atomic E-state index is 9.15. The summed E-state index contributed by atoms with van der Waals surface area (Å²) in [5, 5.41) is 18.3. The van der Waals surface area contributed by atoms with Crippen molar-refractivity contribution in [3.63, 3.8) is 0 Å². The van der Waals surface area contributed by atoms with Gasteiger partial charge in [-0.3, -0.25) is 0 Å². The van der Waals surface area contributed by atoms with Crippen LogP contribution in [0.25, 0.3) is 0 Å². The predicted molar refractivity (Wildman–Crippen MR) is 62.9 cm³/mol.